The van der Waals surface area contributed by atoms with E-state index < -0.39 is 4.92 Å². The molecule has 1 fully saturated rings. The van der Waals surface area contributed by atoms with Gasteiger partial charge < -0.3 is 19.1 Å². The Kier molecular flexibility index (Phi) is 13.1. The van der Waals surface area contributed by atoms with Gasteiger partial charge >= 0.3 is 0 Å². The van der Waals surface area contributed by atoms with E-state index in [0.717, 1.165) is 56.0 Å². The van der Waals surface area contributed by atoms with E-state index in [9.17, 15) is 14.9 Å². The molecule has 1 aromatic carbocycles. The number of methoxy groups -OCH3 is 1. The molecule has 10 heteroatoms. The van der Waals surface area contributed by atoms with Crippen molar-refractivity contribution in [3.8, 4) is 11.5 Å². The molecule has 1 amide bonds. The number of nitro groups is 1. The van der Waals surface area contributed by atoms with Crippen molar-refractivity contribution in [1.29, 1.82) is 0 Å². The van der Waals surface area contributed by atoms with E-state index in [0.29, 0.717) is 25.5 Å². The van der Waals surface area contributed by atoms with E-state index in [1.165, 1.54) is 19.2 Å². The third kappa shape index (κ3) is 8.02. The summed E-state index contributed by atoms with van der Waals surface area (Å²) in [6.07, 6.45) is 6.96. The summed E-state index contributed by atoms with van der Waals surface area (Å²) in [4.78, 5) is 26.6. The predicted molar refractivity (Wildman–Crippen MR) is 140 cm³/mol. The van der Waals surface area contributed by atoms with Gasteiger partial charge in [-0.2, -0.15) is 0 Å². The van der Waals surface area contributed by atoms with Crippen molar-refractivity contribution in [2.75, 3.05) is 38.0 Å². The van der Waals surface area contributed by atoms with E-state index >= 15 is 0 Å². The number of thioether (sulfide) groups is 1. The summed E-state index contributed by atoms with van der Waals surface area (Å²) in [6, 6.07) is 2.65. The van der Waals surface area contributed by atoms with Crippen LogP contribution in [0.1, 0.15) is 69.2 Å². The fraction of sp³-hybridized carbons (Fsp3) is 0.708. The summed E-state index contributed by atoms with van der Waals surface area (Å²) in [7, 11) is 1.48. The van der Waals surface area contributed by atoms with E-state index in [1.54, 1.807) is 16.7 Å². The molecule has 1 heterocycles. The summed E-state index contributed by atoms with van der Waals surface area (Å²) >= 11 is 5.09. The summed E-state index contributed by atoms with van der Waals surface area (Å²) in [5.74, 6) is 1.11. The Morgan fingerprint density at radius 1 is 1.24 bits per heavy atom. The number of alkyl halides is 1. The molecule has 1 aliphatic rings. The highest BCUT2D eigenvalue weighted by molar-refractivity contribution is 9.09. The Morgan fingerprint density at radius 3 is 2.62 bits per heavy atom. The van der Waals surface area contributed by atoms with E-state index in [1.807, 2.05) is 6.92 Å². The van der Waals surface area contributed by atoms with Crippen LogP contribution in [0.2, 0.25) is 0 Å². The Balaban J connectivity index is 2.20. The Morgan fingerprint density at radius 2 is 1.97 bits per heavy atom. The minimum atomic E-state index is -0.522. The maximum Gasteiger partial charge on any atom is 0.286 e. The number of nitrogens with zero attached hydrogens (tertiary/aromatic N) is 2. The van der Waals surface area contributed by atoms with Gasteiger partial charge in [-0.15, -0.1) is 11.8 Å². The number of carbonyl (C=O) groups excluding carboxylic acids is 1. The number of likely N-dealkylation sites (tertiary alicyclic amines) is 1. The molecule has 0 spiro atoms. The summed E-state index contributed by atoms with van der Waals surface area (Å²) in [6.45, 7) is 5.52. The first-order valence-corrected chi connectivity index (χ1v) is 14.2. The molecule has 2 atom stereocenters. The number of unbranched alkanes of at least 4 members (excludes halogenated alkanes) is 4. The van der Waals surface area contributed by atoms with Gasteiger partial charge in [-0.1, -0.05) is 42.1 Å². The van der Waals surface area contributed by atoms with Crippen LogP contribution in [0.3, 0.4) is 0 Å². The highest BCUT2D eigenvalue weighted by Crippen LogP contribution is 2.37. The molecule has 34 heavy (non-hydrogen) atoms. The Labute approximate surface area is 215 Å². The molecule has 2 rings (SSSR count). The van der Waals surface area contributed by atoms with Gasteiger partial charge in [0.2, 0.25) is 0 Å². The third-order valence-electron chi connectivity index (χ3n) is 5.78. The summed E-state index contributed by atoms with van der Waals surface area (Å²) < 4.78 is 17.2. The van der Waals surface area contributed by atoms with Gasteiger partial charge in [0.05, 0.1) is 30.7 Å². The van der Waals surface area contributed by atoms with Crippen LogP contribution in [0.15, 0.2) is 12.1 Å². The van der Waals surface area contributed by atoms with Crippen molar-refractivity contribution in [2.45, 2.75) is 70.3 Å². The van der Waals surface area contributed by atoms with Gasteiger partial charge in [0.25, 0.3) is 11.6 Å². The van der Waals surface area contributed by atoms with Crippen LogP contribution in [-0.2, 0) is 4.74 Å². The topological polar surface area (TPSA) is 91.1 Å². The maximum absolute atomic E-state index is 13.5. The number of hydrogen-bond acceptors (Lipinski definition) is 7. The van der Waals surface area contributed by atoms with Crippen molar-refractivity contribution in [2.24, 2.45) is 0 Å². The van der Waals surface area contributed by atoms with Gasteiger partial charge in [0.1, 0.15) is 11.0 Å². The lowest BCUT2D eigenvalue weighted by atomic mass is 10.1. The van der Waals surface area contributed by atoms with Crippen molar-refractivity contribution in [3.05, 3.63) is 27.8 Å². The zero-order chi connectivity index (χ0) is 24.9. The predicted octanol–water partition coefficient (Wildman–Crippen LogP) is 6.05. The van der Waals surface area contributed by atoms with Gasteiger partial charge in [0, 0.05) is 24.5 Å². The van der Waals surface area contributed by atoms with Gasteiger partial charge in [-0.3, -0.25) is 14.9 Å². The van der Waals surface area contributed by atoms with Crippen LogP contribution in [0.5, 0.6) is 11.5 Å². The first-order chi connectivity index (χ1) is 16.5. The van der Waals surface area contributed by atoms with Gasteiger partial charge in [-0.25, -0.2) is 0 Å². The first kappa shape index (κ1) is 28.7. The number of carbonyl (C=O) groups is 1. The van der Waals surface area contributed by atoms with Crippen LogP contribution in [0.25, 0.3) is 0 Å². The highest BCUT2D eigenvalue weighted by Gasteiger charge is 2.38. The average Bonchev–Trinajstić information content (AvgIpc) is 3.32. The second-order valence-electron chi connectivity index (χ2n) is 8.07. The van der Waals surface area contributed by atoms with Crippen molar-refractivity contribution in [1.82, 2.24) is 4.90 Å². The monoisotopic (exact) mass is 560 g/mol. The molecular weight excluding hydrogens is 524 g/mol. The van der Waals surface area contributed by atoms with Crippen LogP contribution < -0.4 is 9.47 Å². The average molecular weight is 562 g/mol. The molecule has 1 saturated heterocycles. The summed E-state index contributed by atoms with van der Waals surface area (Å²) in [5.41, 5.74) is -0.396. The second kappa shape index (κ2) is 15.5. The number of halogens is 1. The molecule has 1 unspecified atom stereocenters. The molecule has 0 saturated carbocycles. The molecule has 1 aromatic rings. The number of rotatable bonds is 16. The lowest BCUT2D eigenvalue weighted by Gasteiger charge is -2.31. The Bertz CT molecular complexity index is 791. The van der Waals surface area contributed by atoms with Gasteiger partial charge in [-0.05, 0) is 38.4 Å². The SMILES string of the molecule is CCOC(SCC)[C@@H]1CCCN1C(=O)c1cc(OC)c(OCCCCCCCBr)cc1[N+](=O)[O-]. The molecule has 0 radical (unpaired) electrons. The minimum Gasteiger partial charge on any atom is -0.493 e. The van der Waals surface area contributed by atoms with Crippen molar-refractivity contribution in [3.63, 3.8) is 0 Å². The minimum absolute atomic E-state index is 0.0209. The van der Waals surface area contributed by atoms with Crippen LogP contribution in [0, 0.1) is 10.1 Å². The molecule has 0 aliphatic carbocycles. The fourth-order valence-corrected chi connectivity index (χ4v) is 5.60. The third-order valence-corrected chi connectivity index (χ3v) is 7.45. The second-order valence-corrected chi connectivity index (χ2v) is 10.2. The van der Waals surface area contributed by atoms with E-state index in [-0.39, 0.29) is 34.4 Å². The molecule has 192 valence electrons. The summed E-state index contributed by atoms with van der Waals surface area (Å²) in [5, 5.41) is 12.9. The van der Waals surface area contributed by atoms with E-state index in [2.05, 4.69) is 22.9 Å². The van der Waals surface area contributed by atoms with Crippen LogP contribution >= 0.6 is 27.7 Å². The first-order valence-electron chi connectivity index (χ1n) is 12.1. The van der Waals surface area contributed by atoms with Crippen molar-refractivity contribution < 1.29 is 23.9 Å². The zero-order valence-corrected chi connectivity index (χ0v) is 22.8. The molecule has 0 N–H and O–H groups in total. The Hall–Kier alpha value is -1.52. The van der Waals surface area contributed by atoms with Crippen molar-refractivity contribution >= 4 is 39.3 Å². The number of ether oxygens (including phenoxy) is 3. The standard InChI is InChI=1S/C24H37BrN2O6S/c1-4-32-24(34-5-2)19-12-11-14-26(19)23(28)18-16-21(31-3)22(17-20(18)27(29)30)33-15-10-8-6-7-9-13-25/h16-17,19,24H,4-15H2,1-3H3/t19-,24?/m0/s1. The number of benzene rings is 1. The number of nitro benzene ring substituents is 1. The number of hydrogen-bond donors (Lipinski definition) is 0. The quantitative estimate of drug-likeness (QED) is 0.0798. The molecule has 1 aliphatic heterocycles. The van der Waals surface area contributed by atoms with Crippen LogP contribution in [-0.4, -0.2) is 65.2 Å². The highest BCUT2D eigenvalue weighted by atomic mass is 79.9. The van der Waals surface area contributed by atoms with E-state index in [4.69, 9.17) is 14.2 Å². The largest absolute Gasteiger partial charge is 0.493 e. The number of amides is 1. The lowest BCUT2D eigenvalue weighted by Crippen LogP contribution is -2.43. The lowest BCUT2D eigenvalue weighted by molar-refractivity contribution is -0.385. The molecule has 8 nitrogen and oxygen atoms in total. The van der Waals surface area contributed by atoms with Gasteiger partial charge in [0.15, 0.2) is 11.5 Å². The molecular formula is C24H37BrN2O6S. The zero-order valence-electron chi connectivity index (χ0n) is 20.4. The molecule has 0 bridgehead atoms. The fourth-order valence-electron chi connectivity index (χ4n) is 4.13. The maximum atomic E-state index is 13.5. The molecule has 0 aromatic heterocycles. The van der Waals surface area contributed by atoms with Crippen LogP contribution in [0.4, 0.5) is 5.69 Å². The normalized spacial score (nSPS) is 16.5. The smallest absolute Gasteiger partial charge is 0.286 e.